The number of likely N-dealkylation sites (tertiary alicyclic amines) is 1. The third kappa shape index (κ3) is 6.16. The zero-order valence-corrected chi connectivity index (χ0v) is 17.7. The molecule has 1 fully saturated rings. The molecular formula is C24H32N4O. The number of carbonyl (C=O) groups excluding carboxylic acids is 1. The standard InChI is InChI=1S/C24H32N4O/c1-19(17-21-7-5-4-6-8-21)18-27(3)24(29)26-23-11-15-28(16-12-23)20(2)22-9-13-25-14-10-22/h4-10,13-14,17,20,23H,11-12,15-16,18H2,1-3H3,(H,26,29)/b19-17+. The molecule has 1 atom stereocenters. The van der Waals surface area contributed by atoms with E-state index in [1.165, 1.54) is 5.56 Å². The molecule has 0 bridgehead atoms. The molecule has 1 aromatic carbocycles. The molecule has 1 N–H and O–H groups in total. The summed E-state index contributed by atoms with van der Waals surface area (Å²) in [5.41, 5.74) is 3.62. The van der Waals surface area contributed by atoms with Gasteiger partial charge in [0.2, 0.25) is 0 Å². The average molecular weight is 393 g/mol. The van der Waals surface area contributed by atoms with E-state index in [9.17, 15) is 4.79 Å². The molecule has 1 aromatic heterocycles. The van der Waals surface area contributed by atoms with E-state index in [4.69, 9.17) is 0 Å². The van der Waals surface area contributed by atoms with Gasteiger partial charge in [0.1, 0.15) is 0 Å². The lowest BCUT2D eigenvalue weighted by atomic mass is 10.0. The molecule has 1 saturated heterocycles. The Bertz CT molecular complexity index is 798. The Balaban J connectivity index is 1.45. The minimum Gasteiger partial charge on any atom is -0.335 e. The zero-order valence-electron chi connectivity index (χ0n) is 17.7. The molecule has 3 rings (SSSR count). The summed E-state index contributed by atoms with van der Waals surface area (Å²) in [6.07, 6.45) is 7.79. The summed E-state index contributed by atoms with van der Waals surface area (Å²) in [6, 6.07) is 15.0. The minimum absolute atomic E-state index is 0.00597. The Kier molecular flexibility index (Phi) is 7.42. The Labute approximate surface area is 174 Å². The maximum Gasteiger partial charge on any atom is 0.317 e. The van der Waals surface area contributed by atoms with E-state index in [0.29, 0.717) is 12.6 Å². The van der Waals surface area contributed by atoms with E-state index in [2.05, 4.69) is 59.4 Å². The molecule has 5 heteroatoms. The van der Waals surface area contributed by atoms with Crippen LogP contribution in [0.4, 0.5) is 4.79 Å². The van der Waals surface area contributed by atoms with Gasteiger partial charge in [-0.2, -0.15) is 0 Å². The highest BCUT2D eigenvalue weighted by molar-refractivity contribution is 5.74. The van der Waals surface area contributed by atoms with Crippen LogP contribution < -0.4 is 5.32 Å². The van der Waals surface area contributed by atoms with E-state index >= 15 is 0 Å². The second-order valence-electron chi connectivity index (χ2n) is 7.97. The van der Waals surface area contributed by atoms with Crippen LogP contribution >= 0.6 is 0 Å². The van der Waals surface area contributed by atoms with E-state index < -0.39 is 0 Å². The second kappa shape index (κ2) is 10.2. The zero-order chi connectivity index (χ0) is 20.6. The smallest absolute Gasteiger partial charge is 0.317 e. The third-order valence-corrected chi connectivity index (χ3v) is 5.64. The molecule has 2 amide bonds. The molecule has 2 aromatic rings. The molecule has 1 aliphatic rings. The van der Waals surface area contributed by atoms with Crippen molar-refractivity contribution in [2.45, 2.75) is 38.8 Å². The van der Waals surface area contributed by atoms with Crippen LogP contribution in [0.1, 0.15) is 43.9 Å². The Morgan fingerprint density at radius 3 is 2.52 bits per heavy atom. The highest BCUT2D eigenvalue weighted by Crippen LogP contribution is 2.23. The van der Waals surface area contributed by atoms with Gasteiger partial charge in [0.25, 0.3) is 0 Å². The van der Waals surface area contributed by atoms with Crippen LogP contribution in [0.15, 0.2) is 60.4 Å². The quantitative estimate of drug-likeness (QED) is 0.795. The molecular weight excluding hydrogens is 360 g/mol. The molecule has 5 nitrogen and oxygen atoms in total. The number of likely N-dealkylation sites (N-methyl/N-ethyl adjacent to an activating group) is 1. The van der Waals surface area contributed by atoms with Gasteiger partial charge in [-0.1, -0.05) is 42.0 Å². The Morgan fingerprint density at radius 2 is 1.86 bits per heavy atom. The van der Waals surface area contributed by atoms with Gasteiger partial charge in [0.15, 0.2) is 0 Å². The monoisotopic (exact) mass is 392 g/mol. The summed E-state index contributed by atoms with van der Waals surface area (Å²) in [5.74, 6) is 0. The molecule has 1 unspecified atom stereocenters. The number of hydrogen-bond donors (Lipinski definition) is 1. The molecule has 29 heavy (non-hydrogen) atoms. The van der Waals surface area contributed by atoms with Crippen LogP contribution in [0.5, 0.6) is 0 Å². The number of hydrogen-bond acceptors (Lipinski definition) is 3. The number of benzene rings is 1. The molecule has 154 valence electrons. The van der Waals surface area contributed by atoms with E-state index in [1.807, 2.05) is 37.6 Å². The van der Waals surface area contributed by atoms with Crippen molar-refractivity contribution < 1.29 is 4.79 Å². The van der Waals surface area contributed by atoms with Crippen LogP contribution in [-0.2, 0) is 0 Å². The number of rotatable bonds is 6. The van der Waals surface area contributed by atoms with Crippen molar-refractivity contribution in [3.8, 4) is 0 Å². The van der Waals surface area contributed by atoms with Crippen molar-refractivity contribution in [1.29, 1.82) is 0 Å². The molecule has 1 aliphatic heterocycles. The summed E-state index contributed by atoms with van der Waals surface area (Å²) in [7, 11) is 1.86. The van der Waals surface area contributed by atoms with Gasteiger partial charge in [0, 0.05) is 51.2 Å². The fraction of sp³-hybridized carbons (Fsp3) is 0.417. The number of urea groups is 1. The Hall–Kier alpha value is -2.66. The summed E-state index contributed by atoms with van der Waals surface area (Å²) in [4.78, 5) is 21.0. The first-order chi connectivity index (χ1) is 14.0. The number of nitrogens with one attached hydrogen (secondary N) is 1. The Morgan fingerprint density at radius 1 is 1.21 bits per heavy atom. The topological polar surface area (TPSA) is 48.5 Å². The van der Waals surface area contributed by atoms with Crippen molar-refractivity contribution >= 4 is 12.1 Å². The highest BCUT2D eigenvalue weighted by atomic mass is 16.2. The predicted octanol–water partition coefficient (Wildman–Crippen LogP) is 4.35. The second-order valence-corrected chi connectivity index (χ2v) is 7.97. The summed E-state index contributed by atoms with van der Waals surface area (Å²) in [5, 5.41) is 3.21. The van der Waals surface area contributed by atoms with E-state index in [1.54, 1.807) is 4.90 Å². The number of amides is 2. The lowest BCUT2D eigenvalue weighted by Gasteiger charge is -2.37. The number of carbonyl (C=O) groups is 1. The predicted molar refractivity (Wildman–Crippen MR) is 119 cm³/mol. The van der Waals surface area contributed by atoms with Gasteiger partial charge in [-0.15, -0.1) is 0 Å². The van der Waals surface area contributed by atoms with E-state index in [-0.39, 0.29) is 12.1 Å². The van der Waals surface area contributed by atoms with Crippen molar-refractivity contribution in [2.75, 3.05) is 26.7 Å². The van der Waals surface area contributed by atoms with Gasteiger partial charge in [-0.3, -0.25) is 9.88 Å². The summed E-state index contributed by atoms with van der Waals surface area (Å²) >= 11 is 0. The van der Waals surface area contributed by atoms with Crippen LogP contribution in [0.2, 0.25) is 0 Å². The average Bonchev–Trinajstić information content (AvgIpc) is 2.75. The first-order valence-electron chi connectivity index (χ1n) is 10.4. The van der Waals surface area contributed by atoms with Gasteiger partial charge in [-0.05, 0) is 49.9 Å². The summed E-state index contributed by atoms with van der Waals surface area (Å²) < 4.78 is 0. The van der Waals surface area contributed by atoms with Gasteiger partial charge >= 0.3 is 6.03 Å². The molecule has 0 spiro atoms. The number of piperidine rings is 1. The van der Waals surface area contributed by atoms with Crippen molar-refractivity contribution in [1.82, 2.24) is 20.1 Å². The maximum absolute atomic E-state index is 12.6. The number of nitrogens with zero attached hydrogens (tertiary/aromatic N) is 3. The highest BCUT2D eigenvalue weighted by Gasteiger charge is 2.25. The fourth-order valence-corrected chi connectivity index (χ4v) is 3.89. The first-order valence-corrected chi connectivity index (χ1v) is 10.4. The SMILES string of the molecule is C/C(=C\c1ccccc1)CN(C)C(=O)NC1CCN(C(C)c2ccncc2)CC1. The molecule has 0 saturated carbocycles. The number of aromatic nitrogens is 1. The largest absolute Gasteiger partial charge is 0.335 e. The summed E-state index contributed by atoms with van der Waals surface area (Å²) in [6.45, 7) is 6.91. The molecule has 0 radical (unpaired) electrons. The third-order valence-electron chi connectivity index (χ3n) is 5.64. The first kappa shape index (κ1) is 21.1. The lowest BCUT2D eigenvalue weighted by molar-refractivity contribution is 0.148. The van der Waals surface area contributed by atoms with Crippen LogP contribution in [0, 0.1) is 0 Å². The van der Waals surface area contributed by atoms with Gasteiger partial charge < -0.3 is 10.2 Å². The van der Waals surface area contributed by atoms with Crippen molar-refractivity contribution in [3.63, 3.8) is 0 Å². The minimum atomic E-state index is 0.00597. The van der Waals surface area contributed by atoms with Gasteiger partial charge in [0.05, 0.1) is 0 Å². The molecule has 0 aliphatic carbocycles. The maximum atomic E-state index is 12.6. The van der Waals surface area contributed by atoms with E-state index in [0.717, 1.165) is 37.1 Å². The van der Waals surface area contributed by atoms with Crippen LogP contribution in [-0.4, -0.2) is 53.5 Å². The number of pyridine rings is 1. The normalized spacial score (nSPS) is 17.0. The van der Waals surface area contributed by atoms with Gasteiger partial charge in [-0.25, -0.2) is 4.79 Å². The fourth-order valence-electron chi connectivity index (χ4n) is 3.89. The van der Waals surface area contributed by atoms with Crippen LogP contribution in [0.3, 0.4) is 0 Å². The molecule has 2 heterocycles. The lowest BCUT2D eigenvalue weighted by Crippen LogP contribution is -2.48. The van der Waals surface area contributed by atoms with Crippen molar-refractivity contribution in [2.24, 2.45) is 0 Å². The van der Waals surface area contributed by atoms with Crippen LogP contribution in [0.25, 0.3) is 6.08 Å². The van der Waals surface area contributed by atoms with Crippen molar-refractivity contribution in [3.05, 3.63) is 71.6 Å².